The molecule has 0 saturated heterocycles. The Morgan fingerprint density at radius 2 is 2.15 bits per heavy atom. The second-order valence-corrected chi connectivity index (χ2v) is 3.87. The lowest BCUT2D eigenvalue weighted by Gasteiger charge is -2.14. The van der Waals surface area contributed by atoms with Gasteiger partial charge in [0.25, 0.3) is 0 Å². The summed E-state index contributed by atoms with van der Waals surface area (Å²) in [6, 6.07) is -0.419. The second-order valence-electron chi connectivity index (χ2n) is 3.87. The molecule has 0 amide bonds. The van der Waals surface area contributed by atoms with Crippen LogP contribution in [0.3, 0.4) is 0 Å². The molecule has 1 fully saturated rings. The van der Waals surface area contributed by atoms with E-state index in [1.165, 1.54) is 12.8 Å². The summed E-state index contributed by atoms with van der Waals surface area (Å²) in [6.45, 7) is 4.37. The molecule has 13 heavy (non-hydrogen) atoms. The van der Waals surface area contributed by atoms with Crippen LogP contribution in [0.1, 0.15) is 33.1 Å². The Kier molecular flexibility index (Phi) is 4.71. The van der Waals surface area contributed by atoms with E-state index in [2.05, 4.69) is 6.92 Å². The summed E-state index contributed by atoms with van der Waals surface area (Å²) < 4.78 is 4.81. The highest BCUT2D eigenvalue weighted by molar-refractivity contribution is 5.85. The fraction of sp³-hybridized carbons (Fsp3) is 0.889. The van der Waals surface area contributed by atoms with Crippen LogP contribution in [0.4, 0.5) is 0 Å². The first-order chi connectivity index (χ1) is 5.57. The lowest BCUT2D eigenvalue weighted by Crippen LogP contribution is -2.34. The van der Waals surface area contributed by atoms with Crippen molar-refractivity contribution in [2.45, 2.75) is 39.2 Å². The minimum Gasteiger partial charge on any atom is -0.465 e. The molecule has 0 aliphatic heterocycles. The van der Waals surface area contributed by atoms with Gasteiger partial charge < -0.3 is 10.5 Å². The first kappa shape index (κ1) is 12.7. The average molecular weight is 208 g/mol. The highest BCUT2D eigenvalue weighted by atomic mass is 35.5. The molecule has 1 rings (SSSR count). The van der Waals surface area contributed by atoms with Crippen LogP contribution in [0.25, 0.3) is 0 Å². The molecular weight excluding hydrogens is 190 g/mol. The smallest absolute Gasteiger partial charge is 0.322 e. The van der Waals surface area contributed by atoms with E-state index in [9.17, 15) is 4.79 Å². The van der Waals surface area contributed by atoms with Crippen LogP contribution in [-0.2, 0) is 9.53 Å². The summed E-state index contributed by atoms with van der Waals surface area (Å²) in [7, 11) is 0. The van der Waals surface area contributed by atoms with E-state index in [1.54, 1.807) is 6.92 Å². The zero-order valence-corrected chi connectivity index (χ0v) is 9.02. The maximum absolute atomic E-state index is 11.1. The summed E-state index contributed by atoms with van der Waals surface area (Å²) in [5, 5.41) is 0. The molecule has 1 aliphatic carbocycles. The van der Waals surface area contributed by atoms with Crippen LogP contribution >= 0.6 is 12.4 Å². The number of rotatable bonds is 4. The van der Waals surface area contributed by atoms with Crippen LogP contribution in [0.2, 0.25) is 0 Å². The predicted molar refractivity (Wildman–Crippen MR) is 53.8 cm³/mol. The first-order valence-corrected chi connectivity index (χ1v) is 4.49. The van der Waals surface area contributed by atoms with Crippen LogP contribution in [0.5, 0.6) is 0 Å². The quantitative estimate of drug-likeness (QED) is 0.711. The van der Waals surface area contributed by atoms with Gasteiger partial charge in [-0.25, -0.2) is 0 Å². The molecule has 0 heterocycles. The summed E-state index contributed by atoms with van der Waals surface area (Å²) in [6.07, 6.45) is 3.16. The minimum absolute atomic E-state index is 0. The van der Waals surface area contributed by atoms with Crippen molar-refractivity contribution in [1.82, 2.24) is 0 Å². The highest BCUT2D eigenvalue weighted by Crippen LogP contribution is 2.48. The van der Waals surface area contributed by atoms with Gasteiger partial charge in [0, 0.05) is 0 Å². The van der Waals surface area contributed by atoms with E-state index in [4.69, 9.17) is 10.5 Å². The van der Waals surface area contributed by atoms with Crippen molar-refractivity contribution in [3.8, 4) is 0 Å². The van der Waals surface area contributed by atoms with Crippen molar-refractivity contribution in [3.05, 3.63) is 0 Å². The predicted octanol–water partition coefficient (Wildman–Crippen LogP) is 1.49. The van der Waals surface area contributed by atoms with E-state index in [1.807, 2.05) is 0 Å². The molecule has 0 aromatic heterocycles. The third-order valence-corrected chi connectivity index (χ3v) is 2.41. The number of halogens is 1. The summed E-state index contributed by atoms with van der Waals surface area (Å²) in [4.78, 5) is 11.1. The maximum atomic E-state index is 11.1. The van der Waals surface area contributed by atoms with E-state index in [-0.39, 0.29) is 18.4 Å². The van der Waals surface area contributed by atoms with Gasteiger partial charge in [0.15, 0.2) is 0 Å². The van der Waals surface area contributed by atoms with Gasteiger partial charge in [-0.2, -0.15) is 0 Å². The van der Waals surface area contributed by atoms with Gasteiger partial charge >= 0.3 is 5.97 Å². The summed E-state index contributed by atoms with van der Waals surface area (Å²) in [5.41, 5.74) is 5.98. The Morgan fingerprint density at radius 1 is 1.62 bits per heavy atom. The largest absolute Gasteiger partial charge is 0.465 e. The number of esters is 1. The Labute approximate surface area is 85.4 Å². The number of ether oxygens (including phenoxy) is 1. The van der Waals surface area contributed by atoms with Gasteiger partial charge in [-0.05, 0) is 31.6 Å². The van der Waals surface area contributed by atoms with Crippen molar-refractivity contribution < 1.29 is 9.53 Å². The normalized spacial score (nSPS) is 19.9. The molecule has 1 unspecified atom stereocenters. The zero-order chi connectivity index (χ0) is 9.19. The van der Waals surface area contributed by atoms with Gasteiger partial charge in [-0.1, -0.05) is 6.92 Å². The number of hydrogen-bond donors (Lipinski definition) is 1. The van der Waals surface area contributed by atoms with Crippen molar-refractivity contribution in [3.63, 3.8) is 0 Å². The summed E-state index contributed by atoms with van der Waals surface area (Å²) in [5.74, 6) is -0.259. The lowest BCUT2D eigenvalue weighted by molar-refractivity contribution is -0.145. The van der Waals surface area contributed by atoms with E-state index < -0.39 is 6.04 Å². The van der Waals surface area contributed by atoms with Gasteiger partial charge in [0.1, 0.15) is 6.04 Å². The molecule has 0 bridgehead atoms. The number of carbonyl (C=O) groups excluding carboxylic acids is 1. The number of carbonyl (C=O) groups is 1. The number of hydrogen-bond acceptors (Lipinski definition) is 3. The monoisotopic (exact) mass is 207 g/mol. The standard InChI is InChI=1S/C9H17NO2.ClH/c1-3-12-8(11)7(10)6-9(2)4-5-9;/h7H,3-6,10H2,1-2H3;1H. The molecule has 3 nitrogen and oxygen atoms in total. The van der Waals surface area contributed by atoms with Crippen molar-refractivity contribution in [2.75, 3.05) is 6.61 Å². The molecule has 0 spiro atoms. The van der Waals surface area contributed by atoms with E-state index >= 15 is 0 Å². The van der Waals surface area contributed by atoms with Gasteiger partial charge in [0.2, 0.25) is 0 Å². The van der Waals surface area contributed by atoms with Crippen LogP contribution in [0.15, 0.2) is 0 Å². The average Bonchev–Trinajstić information content (AvgIpc) is 2.68. The van der Waals surface area contributed by atoms with E-state index in [0.29, 0.717) is 12.0 Å². The molecule has 1 atom stereocenters. The van der Waals surface area contributed by atoms with Gasteiger partial charge in [-0.3, -0.25) is 4.79 Å². The lowest BCUT2D eigenvalue weighted by atomic mass is 10.00. The highest BCUT2D eigenvalue weighted by Gasteiger charge is 2.40. The maximum Gasteiger partial charge on any atom is 0.322 e. The van der Waals surface area contributed by atoms with Crippen LogP contribution in [-0.4, -0.2) is 18.6 Å². The first-order valence-electron chi connectivity index (χ1n) is 4.49. The fourth-order valence-electron chi connectivity index (χ4n) is 1.28. The van der Waals surface area contributed by atoms with Crippen LogP contribution in [0, 0.1) is 5.41 Å². The number of nitrogens with two attached hydrogens (primary N) is 1. The third-order valence-electron chi connectivity index (χ3n) is 2.41. The Morgan fingerprint density at radius 3 is 2.54 bits per heavy atom. The Balaban J connectivity index is 0.00000144. The second kappa shape index (κ2) is 4.82. The molecule has 0 aromatic rings. The molecule has 1 saturated carbocycles. The Hall–Kier alpha value is -0.280. The molecule has 0 radical (unpaired) electrons. The van der Waals surface area contributed by atoms with Crippen molar-refractivity contribution in [2.24, 2.45) is 11.1 Å². The molecular formula is C9H18ClNO2. The molecule has 2 N–H and O–H groups in total. The minimum atomic E-state index is -0.419. The SMILES string of the molecule is CCOC(=O)C(N)CC1(C)CC1.Cl. The fourth-order valence-corrected chi connectivity index (χ4v) is 1.28. The topological polar surface area (TPSA) is 52.3 Å². The zero-order valence-electron chi connectivity index (χ0n) is 8.21. The van der Waals surface area contributed by atoms with E-state index in [0.717, 1.165) is 6.42 Å². The Bertz CT molecular complexity index is 180. The molecule has 0 aromatic carbocycles. The molecule has 1 aliphatic rings. The van der Waals surface area contributed by atoms with Crippen molar-refractivity contribution in [1.29, 1.82) is 0 Å². The summed E-state index contributed by atoms with van der Waals surface area (Å²) >= 11 is 0. The van der Waals surface area contributed by atoms with Gasteiger partial charge in [-0.15, -0.1) is 12.4 Å². The molecule has 4 heteroatoms. The van der Waals surface area contributed by atoms with Gasteiger partial charge in [0.05, 0.1) is 6.61 Å². The van der Waals surface area contributed by atoms with Crippen molar-refractivity contribution >= 4 is 18.4 Å². The third kappa shape index (κ3) is 3.96. The van der Waals surface area contributed by atoms with Crippen LogP contribution < -0.4 is 5.73 Å². The molecule has 78 valence electrons.